The fourth-order valence-corrected chi connectivity index (χ4v) is 22.5. The zero-order chi connectivity index (χ0) is 101. The van der Waals surface area contributed by atoms with E-state index in [-0.39, 0.29) is 53.3 Å². The number of piperazine rings is 3. The number of hydrogen-bond donors (Lipinski definition) is 4. The van der Waals surface area contributed by atoms with Gasteiger partial charge in [-0.15, -0.1) is 11.3 Å². The van der Waals surface area contributed by atoms with E-state index in [9.17, 15) is 38.4 Å². The fraction of sp³-hybridized carbons (Fsp3) is 0.301. The van der Waals surface area contributed by atoms with Crippen molar-refractivity contribution in [3.05, 3.63) is 281 Å². The molecule has 32 nitrogen and oxygen atoms in total. The van der Waals surface area contributed by atoms with Crippen LogP contribution in [0.4, 0.5) is 43.8 Å². The highest BCUT2D eigenvalue weighted by Gasteiger charge is 2.33. The van der Waals surface area contributed by atoms with Crippen molar-refractivity contribution >= 4 is 172 Å². The lowest BCUT2D eigenvalue weighted by atomic mass is 9.99. The van der Waals surface area contributed by atoms with Crippen molar-refractivity contribution in [2.45, 2.75) is 101 Å². The lowest BCUT2D eigenvalue weighted by Gasteiger charge is -2.34. The van der Waals surface area contributed by atoms with Gasteiger partial charge in [0.2, 0.25) is 23.6 Å². The second-order valence-electron chi connectivity index (χ2n) is 33.7. The summed E-state index contributed by atoms with van der Waals surface area (Å²) in [4.78, 5) is 157. The Balaban J connectivity index is 0.000000159. The Bertz CT molecular complexity index is 6510. The molecule has 4 aliphatic rings. The minimum atomic E-state index is -0.112. The van der Waals surface area contributed by atoms with E-state index in [0.29, 0.717) is 151 Å². The molecule has 0 spiro atoms. The molecular weight excluding hydrogens is 1930 g/mol. The van der Waals surface area contributed by atoms with E-state index >= 15 is 0 Å². The molecule has 4 aromatic carbocycles. The van der Waals surface area contributed by atoms with Gasteiger partial charge in [-0.2, -0.15) is 0 Å². The fourth-order valence-electron chi connectivity index (χ4n) is 15.8. The number of aryl methyl sites for hydroxylation is 6. The van der Waals surface area contributed by atoms with Crippen LogP contribution in [0.5, 0.6) is 17.2 Å². The summed E-state index contributed by atoms with van der Waals surface area (Å²) in [5.41, 5.74) is 10.6. The number of methoxy groups -OCH3 is 3. The number of aromatic nitrogens is 8. The number of thiazole rings is 4. The van der Waals surface area contributed by atoms with Crippen LogP contribution in [0.1, 0.15) is 104 Å². The molecule has 39 heteroatoms. The molecule has 0 radical (unpaired) electrons. The van der Waals surface area contributed by atoms with Gasteiger partial charge in [-0.1, -0.05) is 126 Å². The third kappa shape index (κ3) is 28.2. The largest absolute Gasteiger partial charge is 0.496 e. The van der Waals surface area contributed by atoms with E-state index in [4.69, 9.17) is 14.2 Å². The lowest BCUT2D eigenvalue weighted by Crippen LogP contribution is -2.50. The summed E-state index contributed by atoms with van der Waals surface area (Å²) in [5.74, 6) is 3.93. The first-order valence-corrected chi connectivity index (χ1v) is 51.5. The van der Waals surface area contributed by atoms with Gasteiger partial charge in [0.05, 0.1) is 69.2 Å². The van der Waals surface area contributed by atoms with Crippen LogP contribution in [0.2, 0.25) is 0 Å². The molecule has 740 valence electrons. The lowest BCUT2D eigenvalue weighted by molar-refractivity contribution is -0.128. The first kappa shape index (κ1) is 106. The maximum atomic E-state index is 13.7. The summed E-state index contributed by atoms with van der Waals surface area (Å²) < 4.78 is 19.7. The van der Waals surface area contributed by atoms with Crippen LogP contribution in [-0.4, -0.2) is 271 Å². The summed E-state index contributed by atoms with van der Waals surface area (Å²) in [6.07, 6.45) is 21.0. The first-order chi connectivity index (χ1) is 68.5. The summed E-state index contributed by atoms with van der Waals surface area (Å²) in [5, 5.41) is 16.0. The smallest absolute Gasteiger partial charge is 0.257 e. The van der Waals surface area contributed by atoms with Crippen LogP contribution in [0.3, 0.4) is 0 Å². The number of nitrogens with zero attached hydrogens (tertiary/aromatic N) is 17. The van der Waals surface area contributed by atoms with Crippen LogP contribution in [0.25, 0.3) is 0 Å². The number of anilines is 8. The molecule has 8 amide bonds. The summed E-state index contributed by atoms with van der Waals surface area (Å²) >= 11 is 10.9. The van der Waals surface area contributed by atoms with Gasteiger partial charge in [0.25, 0.3) is 23.6 Å². The quantitative estimate of drug-likeness (QED) is 0.0316. The van der Waals surface area contributed by atoms with Gasteiger partial charge >= 0.3 is 0 Å². The Morgan fingerprint density at radius 1 is 0.394 bits per heavy atom. The maximum absolute atomic E-state index is 13.7. The van der Waals surface area contributed by atoms with Crippen molar-refractivity contribution in [1.29, 1.82) is 0 Å². The normalized spacial score (nSPS) is 14.1. The van der Waals surface area contributed by atoms with Crippen molar-refractivity contribution in [2.24, 2.45) is 0 Å². The number of benzene rings is 4. The predicted octanol–water partition coefficient (Wildman–Crippen LogP) is 17.8. The molecule has 4 saturated heterocycles. The molecule has 142 heavy (non-hydrogen) atoms. The highest BCUT2D eigenvalue weighted by atomic mass is 32.2. The predicted molar refractivity (Wildman–Crippen MR) is 565 cm³/mol. The van der Waals surface area contributed by atoms with Gasteiger partial charge in [-0.25, -0.2) is 39.9 Å². The van der Waals surface area contributed by atoms with Crippen molar-refractivity contribution in [3.63, 3.8) is 0 Å². The number of carbonyl (C=O) groups excluding carboxylic acids is 8. The first-order valence-electron chi connectivity index (χ1n) is 45.8. The van der Waals surface area contributed by atoms with Crippen molar-refractivity contribution in [3.8, 4) is 17.2 Å². The second kappa shape index (κ2) is 50.6. The van der Waals surface area contributed by atoms with Gasteiger partial charge < -0.3 is 79.6 Å². The zero-order valence-corrected chi connectivity index (χ0v) is 87.1. The summed E-state index contributed by atoms with van der Waals surface area (Å²) in [6, 6.07) is 34.6. The molecule has 0 unspecified atom stereocenters. The van der Waals surface area contributed by atoms with Gasteiger partial charge in [-0.05, 0) is 217 Å². The van der Waals surface area contributed by atoms with Gasteiger partial charge in [0.1, 0.15) is 40.5 Å². The molecule has 12 aromatic rings. The van der Waals surface area contributed by atoms with Crippen LogP contribution in [0.15, 0.2) is 237 Å². The topological polar surface area (TPSA) is 345 Å². The van der Waals surface area contributed by atoms with Crippen LogP contribution in [0, 0.1) is 41.5 Å². The minimum Gasteiger partial charge on any atom is -0.496 e. The monoisotopic (exact) mass is 2050 g/mol. The second-order valence-corrected chi connectivity index (χ2v) is 41.9. The third-order valence-electron chi connectivity index (χ3n) is 23.4. The molecule has 1 atom stereocenters. The van der Waals surface area contributed by atoms with Gasteiger partial charge in [0, 0.05) is 173 Å². The highest BCUT2D eigenvalue weighted by Crippen LogP contribution is 2.43. The molecule has 12 heterocycles. The Labute approximate surface area is 856 Å². The van der Waals surface area contributed by atoms with Gasteiger partial charge in [-0.3, -0.25) is 38.4 Å². The average molecular weight is 2050 g/mol. The molecule has 0 bridgehead atoms. The SMILES string of the molecule is C=CC(=O)N1CCCN(C(=O)c2cc(Sc3cnc(Nc4ncccc4C)s3)c(C)cc2OC)C[C@H]1C.C=CC(=O)N1CCN(C(=O)c2cc(Cc3cnc(Nc4ccccn4)s3)c(C)cc2OC)CC1.C=CC(=O)N1CCN(C(=O)c2cc(Sc3cnc(Nc4ccc(CN(C)C)cn4)s3)c(C)cc2OC)CC1.C=CC(=O)N1CCN(C(=O)c2cc(Sc3cnc(Nc4ccccn4)s3)c(C)cc2C)CC1. The average Bonchev–Trinajstić information content (AvgIpc) is 1.19. The molecule has 0 aliphatic carbocycles. The van der Waals surface area contributed by atoms with E-state index in [1.807, 2.05) is 193 Å². The Kier molecular flexibility index (Phi) is 37.7. The van der Waals surface area contributed by atoms with E-state index in [1.54, 1.807) is 127 Å². The number of carbonyl (C=O) groups is 8. The Morgan fingerprint density at radius 3 is 1.23 bits per heavy atom. The molecular formula is C103H115N21O11S7. The number of rotatable bonds is 29. The third-order valence-corrected chi connectivity index (χ3v) is 30.9. The zero-order valence-electron chi connectivity index (χ0n) is 81.4. The maximum Gasteiger partial charge on any atom is 0.257 e. The molecule has 0 saturated carbocycles. The molecule has 4 N–H and O–H groups in total. The standard InChI is InChI=1S/C27H32N6O3S2.C27H31N5O3S2.C25H27N5O3S.C24H25N5O2S2/c1-6-24(34)32-9-11-33(12-10-32)26(35)20-14-22(18(2)13-21(20)36-5)37-25-16-29-27(38-25)30-23-8-7-19(15-28-23)17-31(3)4;1-6-23(33)32-12-8-11-31(16-19(32)4)26(34)20-14-22(18(3)13-21(20)35-5)36-24-15-29-27(37-24)30-25-17(2)9-7-10-28-25;1-4-23(31)29-9-11-30(12-10-29)24(32)20-15-18(17(2)13-21(20)33-3)14-19-16-27-25(34-19)28-22-7-5-6-8-26-22;1-4-21(30)28-9-11-29(12-10-28)23(31)18-14-19(17(3)13-16(18)2)32-22-15-26-24(33-22)27-20-7-5-6-8-25-20/h6-8,13-16H,1,9-12,17H2,2-5H3,(H,28,29,30);6-7,9-10,13-15,19H,1,8,11-12,16H2,2-5H3,(H,28,29,30);4-8,13,15-16H,1,9-12,14H2,2-3H3,(H,26,27,28);4-8,13-15H,1,9-12H2,2-3H3,(H,25,26,27)/t;19-;;/m.1../s1. The van der Waals surface area contributed by atoms with E-state index in [1.165, 1.54) is 47.0 Å². The van der Waals surface area contributed by atoms with E-state index < -0.39 is 0 Å². The Morgan fingerprint density at radius 2 is 0.796 bits per heavy atom. The molecule has 4 fully saturated rings. The Hall–Kier alpha value is -13.7. The van der Waals surface area contributed by atoms with Crippen molar-refractivity contribution in [1.82, 2.24) is 84.0 Å². The summed E-state index contributed by atoms with van der Waals surface area (Å²) in [6.45, 7) is 36.6. The number of ether oxygens (including phenoxy) is 3. The number of pyridine rings is 4. The van der Waals surface area contributed by atoms with Crippen molar-refractivity contribution < 1.29 is 52.6 Å². The molecule has 4 aliphatic heterocycles. The van der Waals surface area contributed by atoms with Crippen molar-refractivity contribution in [2.75, 3.05) is 155 Å². The minimum absolute atomic E-state index is 0.00173. The number of nitrogens with one attached hydrogen (secondary N) is 4. The number of hydrogen-bond acceptors (Lipinski definition) is 31. The van der Waals surface area contributed by atoms with E-state index in [2.05, 4.69) is 111 Å². The highest BCUT2D eigenvalue weighted by molar-refractivity contribution is 8.01. The summed E-state index contributed by atoms with van der Waals surface area (Å²) in [7, 11) is 8.78. The van der Waals surface area contributed by atoms with Gasteiger partial charge in [0.15, 0.2) is 20.5 Å². The number of amides is 8. The van der Waals surface area contributed by atoms with Crippen LogP contribution >= 0.6 is 80.6 Å². The van der Waals surface area contributed by atoms with Crippen LogP contribution < -0.4 is 35.5 Å². The molecule has 16 rings (SSSR count). The van der Waals surface area contributed by atoms with Crippen LogP contribution in [-0.2, 0) is 32.1 Å². The molecule has 8 aromatic heterocycles. The van der Waals surface area contributed by atoms with E-state index in [0.717, 1.165) is 127 Å².